The average molecular weight is 414 g/mol. The van der Waals surface area contributed by atoms with E-state index in [1.807, 2.05) is 60.3 Å². The van der Waals surface area contributed by atoms with Gasteiger partial charge in [-0.25, -0.2) is 9.50 Å². The van der Waals surface area contributed by atoms with Gasteiger partial charge in [0.25, 0.3) is 0 Å². The maximum absolute atomic E-state index is 12.7. The molecule has 0 radical (unpaired) electrons. The van der Waals surface area contributed by atoms with E-state index in [0.717, 1.165) is 28.3 Å². The predicted octanol–water partition coefficient (Wildman–Crippen LogP) is 3.87. The molecule has 0 aliphatic heterocycles. The molecule has 4 rings (SSSR count). The highest BCUT2D eigenvalue weighted by molar-refractivity contribution is 5.77. The second-order valence-electron chi connectivity index (χ2n) is 7.99. The smallest absolute Gasteiger partial charge is 0.247 e. The standard InChI is InChI=1S/C25H27N5O/c1-17-8-10-21(11-9-17)16-29-14-6-5-7-23(29)27-25(31)13-12-22-19(3)26-24-15-18(2)28-30(24)20(22)4/h5-11,14-15H,12-13,16H2,1-4H3. The van der Waals surface area contributed by atoms with Gasteiger partial charge < -0.3 is 4.57 Å². The van der Waals surface area contributed by atoms with Gasteiger partial charge in [-0.05, 0) is 57.4 Å². The van der Waals surface area contributed by atoms with Crippen molar-refractivity contribution in [3.63, 3.8) is 0 Å². The number of pyridine rings is 1. The van der Waals surface area contributed by atoms with Gasteiger partial charge in [-0.15, -0.1) is 0 Å². The molecule has 3 aromatic heterocycles. The second-order valence-corrected chi connectivity index (χ2v) is 7.99. The lowest BCUT2D eigenvalue weighted by Gasteiger charge is -2.10. The number of hydrogen-bond donors (Lipinski definition) is 0. The molecule has 0 unspecified atom stereocenters. The van der Waals surface area contributed by atoms with Crippen LogP contribution in [0.4, 0.5) is 0 Å². The van der Waals surface area contributed by atoms with Crippen LogP contribution in [0.1, 0.15) is 40.2 Å². The van der Waals surface area contributed by atoms with E-state index in [9.17, 15) is 4.79 Å². The van der Waals surface area contributed by atoms with E-state index >= 15 is 0 Å². The minimum absolute atomic E-state index is 0.139. The Hall–Kier alpha value is -3.54. The second kappa shape index (κ2) is 8.68. The largest absolute Gasteiger partial charge is 0.329 e. The number of aromatic nitrogens is 4. The van der Waals surface area contributed by atoms with E-state index in [4.69, 9.17) is 0 Å². The van der Waals surface area contributed by atoms with Crippen molar-refractivity contribution < 1.29 is 4.79 Å². The summed E-state index contributed by atoms with van der Waals surface area (Å²) in [6, 6.07) is 16.1. The van der Waals surface area contributed by atoms with E-state index in [1.165, 1.54) is 11.1 Å². The first-order valence-electron chi connectivity index (χ1n) is 10.5. The zero-order chi connectivity index (χ0) is 22.0. The van der Waals surface area contributed by atoms with E-state index in [-0.39, 0.29) is 5.91 Å². The highest BCUT2D eigenvalue weighted by Gasteiger charge is 2.12. The van der Waals surface area contributed by atoms with Gasteiger partial charge in [0.15, 0.2) is 5.65 Å². The summed E-state index contributed by atoms with van der Waals surface area (Å²) in [5.41, 5.74) is 7.85. The van der Waals surface area contributed by atoms with Gasteiger partial charge in [0.1, 0.15) is 5.49 Å². The van der Waals surface area contributed by atoms with E-state index in [1.54, 1.807) is 0 Å². The summed E-state index contributed by atoms with van der Waals surface area (Å²) in [6.45, 7) is 8.71. The maximum atomic E-state index is 12.7. The maximum Gasteiger partial charge on any atom is 0.247 e. The molecule has 0 N–H and O–H groups in total. The van der Waals surface area contributed by atoms with Crippen LogP contribution in [0, 0.1) is 27.7 Å². The van der Waals surface area contributed by atoms with Gasteiger partial charge in [-0.2, -0.15) is 10.1 Å². The Morgan fingerprint density at radius 1 is 1.03 bits per heavy atom. The third-order valence-corrected chi connectivity index (χ3v) is 5.50. The number of benzene rings is 1. The van der Waals surface area contributed by atoms with Crippen molar-refractivity contribution in [1.82, 2.24) is 19.2 Å². The number of aryl methyl sites for hydroxylation is 4. The van der Waals surface area contributed by atoms with Crippen LogP contribution in [0.5, 0.6) is 0 Å². The number of nitrogens with zero attached hydrogens (tertiary/aromatic N) is 5. The fourth-order valence-electron chi connectivity index (χ4n) is 3.81. The molecule has 31 heavy (non-hydrogen) atoms. The van der Waals surface area contributed by atoms with Gasteiger partial charge in [-0.1, -0.05) is 35.9 Å². The summed E-state index contributed by atoms with van der Waals surface area (Å²) in [5, 5.41) is 4.51. The molecule has 1 amide bonds. The summed E-state index contributed by atoms with van der Waals surface area (Å²) < 4.78 is 3.85. The summed E-state index contributed by atoms with van der Waals surface area (Å²) in [7, 11) is 0. The van der Waals surface area contributed by atoms with Crippen LogP contribution in [-0.2, 0) is 17.8 Å². The minimum Gasteiger partial charge on any atom is -0.329 e. The molecule has 0 aliphatic rings. The Balaban J connectivity index is 1.54. The Morgan fingerprint density at radius 2 is 1.81 bits per heavy atom. The summed E-state index contributed by atoms with van der Waals surface area (Å²) in [4.78, 5) is 21.7. The van der Waals surface area contributed by atoms with Crippen molar-refractivity contribution in [3.05, 3.63) is 94.0 Å². The van der Waals surface area contributed by atoms with Crippen LogP contribution in [0.15, 0.2) is 59.7 Å². The molecular formula is C25H27N5O. The molecule has 0 aliphatic carbocycles. The monoisotopic (exact) mass is 413 g/mol. The lowest BCUT2D eigenvalue weighted by atomic mass is 10.1. The Bertz CT molecular complexity index is 1310. The van der Waals surface area contributed by atoms with Crippen molar-refractivity contribution in [2.24, 2.45) is 4.99 Å². The van der Waals surface area contributed by atoms with Crippen molar-refractivity contribution in [2.45, 2.75) is 47.1 Å². The van der Waals surface area contributed by atoms with E-state index in [2.05, 4.69) is 46.3 Å². The molecule has 6 nitrogen and oxygen atoms in total. The van der Waals surface area contributed by atoms with Gasteiger partial charge in [0.2, 0.25) is 5.91 Å². The molecule has 0 fully saturated rings. The molecular weight excluding hydrogens is 386 g/mol. The fraction of sp³-hybridized carbons (Fsp3) is 0.280. The first-order chi connectivity index (χ1) is 14.9. The number of amides is 1. The zero-order valence-corrected chi connectivity index (χ0v) is 18.5. The average Bonchev–Trinajstić information content (AvgIpc) is 3.11. The zero-order valence-electron chi connectivity index (χ0n) is 18.5. The van der Waals surface area contributed by atoms with Crippen LogP contribution in [0.25, 0.3) is 5.65 Å². The number of hydrogen-bond acceptors (Lipinski definition) is 3. The molecule has 0 saturated heterocycles. The van der Waals surface area contributed by atoms with Crippen LogP contribution in [-0.4, -0.2) is 25.1 Å². The van der Waals surface area contributed by atoms with E-state index in [0.29, 0.717) is 24.9 Å². The van der Waals surface area contributed by atoms with Gasteiger partial charge >= 0.3 is 0 Å². The molecule has 0 atom stereocenters. The number of rotatable bonds is 5. The molecule has 158 valence electrons. The third kappa shape index (κ3) is 4.63. The van der Waals surface area contributed by atoms with Gasteiger partial charge in [0.05, 0.1) is 5.69 Å². The first kappa shape index (κ1) is 20.7. The quantitative estimate of drug-likeness (QED) is 0.499. The van der Waals surface area contributed by atoms with E-state index < -0.39 is 0 Å². The Morgan fingerprint density at radius 3 is 2.58 bits per heavy atom. The molecule has 0 spiro atoms. The molecule has 3 heterocycles. The molecule has 4 aromatic rings. The van der Waals surface area contributed by atoms with Crippen LogP contribution < -0.4 is 5.49 Å². The van der Waals surface area contributed by atoms with Crippen molar-refractivity contribution in [3.8, 4) is 0 Å². The van der Waals surface area contributed by atoms with Gasteiger partial charge in [-0.3, -0.25) is 4.79 Å². The van der Waals surface area contributed by atoms with Crippen LogP contribution in [0.2, 0.25) is 0 Å². The SMILES string of the molecule is Cc1ccc(Cn2ccccc2=NC(=O)CCc2c(C)nc3cc(C)nn3c2C)cc1. The van der Waals surface area contributed by atoms with Crippen molar-refractivity contribution >= 4 is 11.6 Å². The Labute approximate surface area is 181 Å². The lowest BCUT2D eigenvalue weighted by Crippen LogP contribution is -2.22. The highest BCUT2D eigenvalue weighted by Crippen LogP contribution is 2.17. The highest BCUT2D eigenvalue weighted by atomic mass is 16.1. The van der Waals surface area contributed by atoms with Crippen molar-refractivity contribution in [2.75, 3.05) is 0 Å². The topological polar surface area (TPSA) is 64.5 Å². The normalized spacial score (nSPS) is 11.9. The third-order valence-electron chi connectivity index (χ3n) is 5.50. The number of carbonyl (C=O) groups excluding carboxylic acids is 1. The molecule has 1 aromatic carbocycles. The minimum atomic E-state index is -0.139. The van der Waals surface area contributed by atoms with Crippen LogP contribution >= 0.6 is 0 Å². The summed E-state index contributed by atoms with van der Waals surface area (Å²) >= 11 is 0. The molecule has 6 heteroatoms. The molecule has 0 bridgehead atoms. The summed E-state index contributed by atoms with van der Waals surface area (Å²) in [6.07, 6.45) is 2.87. The van der Waals surface area contributed by atoms with Gasteiger partial charge in [0, 0.05) is 36.6 Å². The molecule has 0 saturated carbocycles. The number of fused-ring (bicyclic) bond motifs is 1. The summed E-state index contributed by atoms with van der Waals surface area (Å²) in [5.74, 6) is -0.139. The Kier molecular flexibility index (Phi) is 5.80. The van der Waals surface area contributed by atoms with Crippen LogP contribution in [0.3, 0.4) is 0 Å². The first-order valence-corrected chi connectivity index (χ1v) is 10.5. The fourth-order valence-corrected chi connectivity index (χ4v) is 3.81. The number of carbonyl (C=O) groups is 1. The lowest BCUT2D eigenvalue weighted by molar-refractivity contribution is -0.118. The van der Waals surface area contributed by atoms with Crippen molar-refractivity contribution in [1.29, 1.82) is 0 Å². The predicted molar refractivity (Wildman–Crippen MR) is 121 cm³/mol.